The molecule has 3 heteroatoms. The van der Waals surface area contributed by atoms with Crippen molar-refractivity contribution >= 4 is 15.9 Å². The van der Waals surface area contributed by atoms with E-state index in [-0.39, 0.29) is 6.04 Å². The SMILES string of the molecule is Cc1cc([C@H](C)NN)ccc1Br. The Labute approximate surface area is 81.3 Å². The highest BCUT2D eigenvalue weighted by atomic mass is 79.9. The average molecular weight is 229 g/mol. The molecule has 0 bridgehead atoms. The number of hydrazine groups is 1. The molecule has 0 aliphatic rings. The Bertz CT molecular complexity index is 273. The maximum Gasteiger partial charge on any atom is 0.0431 e. The number of rotatable bonds is 2. The Morgan fingerprint density at radius 2 is 2.17 bits per heavy atom. The van der Waals surface area contributed by atoms with E-state index in [9.17, 15) is 0 Å². The maximum atomic E-state index is 5.33. The molecule has 12 heavy (non-hydrogen) atoms. The fourth-order valence-electron chi connectivity index (χ4n) is 1.03. The molecular weight excluding hydrogens is 216 g/mol. The lowest BCUT2D eigenvalue weighted by Gasteiger charge is -2.11. The van der Waals surface area contributed by atoms with Crippen LogP contribution in [0.4, 0.5) is 0 Å². The third-order valence-electron chi connectivity index (χ3n) is 1.93. The first kappa shape index (κ1) is 9.71. The molecule has 3 N–H and O–H groups in total. The zero-order valence-electron chi connectivity index (χ0n) is 7.26. The smallest absolute Gasteiger partial charge is 0.0431 e. The predicted molar refractivity (Wildman–Crippen MR) is 54.6 cm³/mol. The van der Waals surface area contributed by atoms with Gasteiger partial charge in [-0.3, -0.25) is 11.3 Å². The number of benzene rings is 1. The van der Waals surface area contributed by atoms with E-state index >= 15 is 0 Å². The standard InChI is InChI=1S/C9H13BrN2/c1-6-5-8(7(2)12-11)3-4-9(6)10/h3-5,7,12H,11H2,1-2H3/t7-/m0/s1. The molecule has 0 aliphatic carbocycles. The Morgan fingerprint density at radius 1 is 1.50 bits per heavy atom. The monoisotopic (exact) mass is 228 g/mol. The Hall–Kier alpha value is -0.380. The van der Waals surface area contributed by atoms with Crippen molar-refractivity contribution in [2.24, 2.45) is 5.84 Å². The van der Waals surface area contributed by atoms with Crippen LogP contribution in [-0.2, 0) is 0 Å². The summed E-state index contributed by atoms with van der Waals surface area (Å²) in [5.41, 5.74) is 5.15. The molecule has 1 aromatic rings. The van der Waals surface area contributed by atoms with E-state index in [0.717, 1.165) is 4.47 Å². The summed E-state index contributed by atoms with van der Waals surface area (Å²) in [6, 6.07) is 6.42. The summed E-state index contributed by atoms with van der Waals surface area (Å²) in [5.74, 6) is 5.33. The summed E-state index contributed by atoms with van der Waals surface area (Å²) >= 11 is 3.45. The summed E-state index contributed by atoms with van der Waals surface area (Å²) in [7, 11) is 0. The second-order valence-electron chi connectivity index (χ2n) is 2.90. The van der Waals surface area contributed by atoms with Crippen LogP contribution in [0.2, 0.25) is 0 Å². The first-order chi connectivity index (χ1) is 5.65. The second-order valence-corrected chi connectivity index (χ2v) is 3.75. The van der Waals surface area contributed by atoms with Crippen LogP contribution in [-0.4, -0.2) is 0 Å². The number of nitrogens with two attached hydrogens (primary N) is 1. The Balaban J connectivity index is 2.96. The molecule has 0 aromatic heterocycles. The van der Waals surface area contributed by atoms with E-state index < -0.39 is 0 Å². The van der Waals surface area contributed by atoms with E-state index in [2.05, 4.69) is 40.4 Å². The van der Waals surface area contributed by atoms with Crippen LogP contribution in [0.5, 0.6) is 0 Å². The molecule has 0 fully saturated rings. The van der Waals surface area contributed by atoms with Gasteiger partial charge in [0, 0.05) is 10.5 Å². The average Bonchev–Trinajstić information content (AvgIpc) is 2.08. The van der Waals surface area contributed by atoms with Gasteiger partial charge in [0.1, 0.15) is 0 Å². The molecule has 0 radical (unpaired) electrons. The lowest BCUT2D eigenvalue weighted by Crippen LogP contribution is -2.25. The van der Waals surface area contributed by atoms with Gasteiger partial charge in [-0.05, 0) is 31.0 Å². The van der Waals surface area contributed by atoms with Crippen LogP contribution in [0.3, 0.4) is 0 Å². The highest BCUT2D eigenvalue weighted by Crippen LogP contribution is 2.20. The third kappa shape index (κ3) is 2.06. The van der Waals surface area contributed by atoms with Crippen LogP contribution in [0.1, 0.15) is 24.1 Å². The fourth-order valence-corrected chi connectivity index (χ4v) is 1.28. The molecule has 1 aromatic carbocycles. The molecule has 0 amide bonds. The van der Waals surface area contributed by atoms with Crippen molar-refractivity contribution < 1.29 is 0 Å². The number of hydrogen-bond acceptors (Lipinski definition) is 2. The molecule has 66 valence electrons. The molecular formula is C9H13BrN2. The summed E-state index contributed by atoms with van der Waals surface area (Å²) in [6.07, 6.45) is 0. The molecule has 0 saturated heterocycles. The predicted octanol–water partition coefficient (Wildman–Crippen LogP) is 2.28. The van der Waals surface area contributed by atoms with E-state index in [1.54, 1.807) is 0 Å². The van der Waals surface area contributed by atoms with Crippen molar-refractivity contribution in [3.05, 3.63) is 33.8 Å². The van der Waals surface area contributed by atoms with Crippen LogP contribution in [0, 0.1) is 6.92 Å². The Morgan fingerprint density at radius 3 is 2.67 bits per heavy atom. The van der Waals surface area contributed by atoms with Crippen molar-refractivity contribution in [3.63, 3.8) is 0 Å². The zero-order chi connectivity index (χ0) is 9.14. The third-order valence-corrected chi connectivity index (χ3v) is 2.82. The van der Waals surface area contributed by atoms with Crippen LogP contribution in [0.15, 0.2) is 22.7 Å². The van der Waals surface area contributed by atoms with Crippen molar-refractivity contribution in [1.29, 1.82) is 0 Å². The summed E-state index contributed by atoms with van der Waals surface area (Å²) in [6.45, 7) is 4.10. The van der Waals surface area contributed by atoms with Crippen LogP contribution >= 0.6 is 15.9 Å². The van der Waals surface area contributed by atoms with Gasteiger partial charge in [0.15, 0.2) is 0 Å². The molecule has 2 nitrogen and oxygen atoms in total. The topological polar surface area (TPSA) is 38.0 Å². The van der Waals surface area contributed by atoms with Gasteiger partial charge in [-0.15, -0.1) is 0 Å². The van der Waals surface area contributed by atoms with Gasteiger partial charge in [0.05, 0.1) is 0 Å². The largest absolute Gasteiger partial charge is 0.271 e. The lowest BCUT2D eigenvalue weighted by atomic mass is 10.1. The normalized spacial score (nSPS) is 13.0. The van der Waals surface area contributed by atoms with E-state index in [0.29, 0.717) is 0 Å². The van der Waals surface area contributed by atoms with E-state index in [1.165, 1.54) is 11.1 Å². The van der Waals surface area contributed by atoms with Crippen molar-refractivity contribution in [2.75, 3.05) is 0 Å². The molecule has 1 rings (SSSR count). The number of nitrogens with one attached hydrogen (secondary N) is 1. The van der Waals surface area contributed by atoms with E-state index in [4.69, 9.17) is 5.84 Å². The molecule has 0 saturated carbocycles. The number of halogens is 1. The van der Waals surface area contributed by atoms with Gasteiger partial charge < -0.3 is 0 Å². The van der Waals surface area contributed by atoms with Crippen molar-refractivity contribution in [1.82, 2.24) is 5.43 Å². The number of hydrogen-bond donors (Lipinski definition) is 2. The molecule has 0 unspecified atom stereocenters. The minimum absolute atomic E-state index is 0.205. The molecule has 1 atom stereocenters. The quantitative estimate of drug-likeness (QED) is 0.603. The van der Waals surface area contributed by atoms with E-state index in [1.807, 2.05) is 13.0 Å². The van der Waals surface area contributed by atoms with Crippen LogP contribution in [0.25, 0.3) is 0 Å². The van der Waals surface area contributed by atoms with Gasteiger partial charge in [-0.25, -0.2) is 0 Å². The Kier molecular flexibility index (Phi) is 3.26. The molecule has 0 aliphatic heterocycles. The summed E-state index contributed by atoms with van der Waals surface area (Å²) < 4.78 is 1.13. The molecule has 0 spiro atoms. The zero-order valence-corrected chi connectivity index (χ0v) is 8.85. The lowest BCUT2D eigenvalue weighted by molar-refractivity contribution is 0.602. The van der Waals surface area contributed by atoms with Gasteiger partial charge in [0.25, 0.3) is 0 Å². The highest BCUT2D eigenvalue weighted by Gasteiger charge is 2.03. The minimum atomic E-state index is 0.205. The highest BCUT2D eigenvalue weighted by molar-refractivity contribution is 9.10. The molecule has 0 heterocycles. The number of aryl methyl sites for hydroxylation is 1. The maximum absolute atomic E-state index is 5.33. The first-order valence-corrected chi connectivity index (χ1v) is 4.66. The van der Waals surface area contributed by atoms with Gasteiger partial charge in [-0.1, -0.05) is 28.1 Å². The van der Waals surface area contributed by atoms with Gasteiger partial charge in [0.2, 0.25) is 0 Å². The fraction of sp³-hybridized carbons (Fsp3) is 0.333. The van der Waals surface area contributed by atoms with Crippen molar-refractivity contribution in [2.45, 2.75) is 19.9 Å². The van der Waals surface area contributed by atoms with Crippen LogP contribution < -0.4 is 11.3 Å². The summed E-state index contributed by atoms with van der Waals surface area (Å²) in [4.78, 5) is 0. The second kappa shape index (κ2) is 4.03. The summed E-state index contributed by atoms with van der Waals surface area (Å²) in [5, 5.41) is 0. The van der Waals surface area contributed by atoms with Gasteiger partial charge in [-0.2, -0.15) is 0 Å². The first-order valence-electron chi connectivity index (χ1n) is 3.87. The van der Waals surface area contributed by atoms with Crippen molar-refractivity contribution in [3.8, 4) is 0 Å². The minimum Gasteiger partial charge on any atom is -0.271 e. The van der Waals surface area contributed by atoms with Gasteiger partial charge >= 0.3 is 0 Å².